The molecule has 1 aliphatic heterocycles. The van der Waals surface area contributed by atoms with E-state index < -0.39 is 0 Å². The number of aromatic nitrogens is 4. The van der Waals surface area contributed by atoms with Gasteiger partial charge in [0.15, 0.2) is 0 Å². The standard InChI is InChI=1S/C20H29N5O.C5H11NO/c1-8-26-17-13-16(4)22-19-23-18(24-25(17)19)21-12-11-14(2)9-10-15(3)20(5,6)7;1-6-2-4-7-5-3-6/h9-10,13H,2-3,8,11-12H2,1,4-7H3,(H,21,24);2-5H2,1H3/b10-9-;. The Morgan fingerprint density at radius 1 is 1.21 bits per heavy atom. The molecule has 2 aromatic heterocycles. The molecule has 0 radical (unpaired) electrons. The number of nitrogens with one attached hydrogen (secondary N) is 1. The van der Waals surface area contributed by atoms with Crippen molar-refractivity contribution in [3.05, 3.63) is 48.2 Å². The summed E-state index contributed by atoms with van der Waals surface area (Å²) in [6.45, 7) is 23.7. The Balaban J connectivity index is 0.000000468. The molecule has 0 aromatic carbocycles. The number of hydrogen-bond acceptors (Lipinski definition) is 7. The third kappa shape index (κ3) is 8.98. The number of ether oxygens (including phenoxy) is 2. The Hall–Kier alpha value is -2.71. The average molecular weight is 457 g/mol. The number of morpholine rings is 1. The zero-order valence-corrected chi connectivity index (χ0v) is 21.1. The minimum atomic E-state index is 0.0683. The third-order valence-corrected chi connectivity index (χ3v) is 5.15. The van der Waals surface area contributed by atoms with Crippen molar-refractivity contribution in [1.29, 1.82) is 0 Å². The van der Waals surface area contributed by atoms with Gasteiger partial charge in [0.2, 0.25) is 11.8 Å². The number of likely N-dealkylation sites (N-methyl/N-ethyl adjacent to an activating group) is 1. The molecule has 0 atom stereocenters. The number of allylic oxidation sites excluding steroid dienone is 3. The molecule has 182 valence electrons. The lowest BCUT2D eigenvalue weighted by atomic mass is 9.87. The monoisotopic (exact) mass is 456 g/mol. The number of hydrogen-bond donors (Lipinski definition) is 1. The van der Waals surface area contributed by atoms with Crippen molar-refractivity contribution < 1.29 is 9.47 Å². The van der Waals surface area contributed by atoms with Crippen LogP contribution in [-0.4, -0.2) is 71.0 Å². The van der Waals surface area contributed by atoms with Crippen LogP contribution in [0.1, 0.15) is 39.8 Å². The molecular weight excluding hydrogens is 416 g/mol. The predicted molar refractivity (Wildman–Crippen MR) is 135 cm³/mol. The van der Waals surface area contributed by atoms with Gasteiger partial charge in [-0.3, -0.25) is 0 Å². The Kier molecular flexibility index (Phi) is 10.1. The molecule has 3 rings (SSSR count). The van der Waals surface area contributed by atoms with Crippen LogP contribution in [0.4, 0.5) is 5.95 Å². The minimum Gasteiger partial charge on any atom is -0.478 e. The predicted octanol–water partition coefficient (Wildman–Crippen LogP) is 4.30. The number of nitrogens with zero attached hydrogens (tertiary/aromatic N) is 5. The molecule has 8 nitrogen and oxygen atoms in total. The van der Waals surface area contributed by atoms with Crippen molar-refractivity contribution in [1.82, 2.24) is 24.5 Å². The highest BCUT2D eigenvalue weighted by Gasteiger charge is 2.12. The first kappa shape index (κ1) is 26.5. The van der Waals surface area contributed by atoms with Gasteiger partial charge in [0.05, 0.1) is 19.8 Å². The molecule has 2 aromatic rings. The molecular formula is C25H40N6O2. The zero-order chi connectivity index (χ0) is 24.4. The third-order valence-electron chi connectivity index (χ3n) is 5.15. The maximum atomic E-state index is 5.60. The highest BCUT2D eigenvalue weighted by molar-refractivity contribution is 5.41. The molecule has 8 heteroatoms. The van der Waals surface area contributed by atoms with Gasteiger partial charge in [-0.15, -0.1) is 5.10 Å². The Bertz CT molecular complexity index is 952. The zero-order valence-electron chi connectivity index (χ0n) is 21.1. The largest absolute Gasteiger partial charge is 0.478 e. The molecule has 1 aliphatic rings. The Morgan fingerprint density at radius 3 is 2.48 bits per heavy atom. The van der Waals surface area contributed by atoms with Crippen molar-refractivity contribution in [2.75, 3.05) is 51.8 Å². The molecule has 1 N–H and O–H groups in total. The van der Waals surface area contributed by atoms with E-state index in [9.17, 15) is 0 Å². The number of anilines is 1. The van der Waals surface area contributed by atoms with Gasteiger partial charge in [-0.1, -0.05) is 51.7 Å². The fourth-order valence-electron chi connectivity index (χ4n) is 2.82. The highest BCUT2D eigenvalue weighted by Crippen LogP contribution is 2.24. The summed E-state index contributed by atoms with van der Waals surface area (Å²) in [5, 5.41) is 7.64. The summed E-state index contributed by atoms with van der Waals surface area (Å²) in [5.41, 5.74) is 3.02. The molecule has 0 unspecified atom stereocenters. The molecule has 1 saturated heterocycles. The fourth-order valence-corrected chi connectivity index (χ4v) is 2.82. The maximum absolute atomic E-state index is 5.60. The van der Waals surface area contributed by atoms with Crippen LogP contribution < -0.4 is 10.1 Å². The Labute approximate surface area is 198 Å². The van der Waals surface area contributed by atoms with E-state index in [-0.39, 0.29) is 5.41 Å². The lowest BCUT2D eigenvalue weighted by molar-refractivity contribution is 0.0503. The van der Waals surface area contributed by atoms with E-state index in [2.05, 4.69) is 66.3 Å². The van der Waals surface area contributed by atoms with E-state index in [1.54, 1.807) is 4.52 Å². The summed E-state index contributed by atoms with van der Waals surface area (Å²) in [7, 11) is 2.11. The second kappa shape index (κ2) is 12.5. The Morgan fingerprint density at radius 2 is 1.91 bits per heavy atom. The van der Waals surface area contributed by atoms with Gasteiger partial charge in [0.1, 0.15) is 0 Å². The smallest absolute Gasteiger partial charge is 0.257 e. The van der Waals surface area contributed by atoms with Crippen LogP contribution in [-0.2, 0) is 4.74 Å². The fraction of sp³-hybridized carbons (Fsp3) is 0.560. The van der Waals surface area contributed by atoms with E-state index in [0.717, 1.165) is 49.6 Å². The van der Waals surface area contributed by atoms with Crippen molar-refractivity contribution >= 4 is 11.7 Å². The van der Waals surface area contributed by atoms with Gasteiger partial charge in [-0.05, 0) is 38.3 Å². The van der Waals surface area contributed by atoms with Gasteiger partial charge < -0.3 is 19.7 Å². The van der Waals surface area contributed by atoms with Gasteiger partial charge in [-0.25, -0.2) is 4.98 Å². The van der Waals surface area contributed by atoms with Crippen LogP contribution in [0.15, 0.2) is 42.5 Å². The maximum Gasteiger partial charge on any atom is 0.257 e. The van der Waals surface area contributed by atoms with Gasteiger partial charge in [-0.2, -0.15) is 9.50 Å². The molecule has 33 heavy (non-hydrogen) atoms. The summed E-state index contributed by atoms with van der Waals surface area (Å²) in [5.74, 6) is 1.69. The second-order valence-electron chi connectivity index (χ2n) is 9.18. The first-order valence-corrected chi connectivity index (χ1v) is 11.5. The molecule has 0 bridgehead atoms. The van der Waals surface area contributed by atoms with Crippen molar-refractivity contribution in [3.8, 4) is 5.88 Å². The minimum absolute atomic E-state index is 0.0683. The number of fused-ring (bicyclic) bond motifs is 1. The number of aryl methyl sites for hydroxylation is 1. The SMILES string of the molecule is C=C(/C=C\C(=C)C(C)(C)C)CCNc1nc2nc(C)cc(OCC)n2n1.CN1CCOCC1. The highest BCUT2D eigenvalue weighted by atomic mass is 16.5. The van der Waals surface area contributed by atoms with Crippen LogP contribution in [0.5, 0.6) is 5.88 Å². The molecule has 3 heterocycles. The van der Waals surface area contributed by atoms with E-state index in [0.29, 0.717) is 30.8 Å². The lowest BCUT2D eigenvalue weighted by Gasteiger charge is -2.21. The van der Waals surface area contributed by atoms with E-state index in [1.807, 2.05) is 32.1 Å². The van der Waals surface area contributed by atoms with Crippen LogP contribution in [0.3, 0.4) is 0 Å². The van der Waals surface area contributed by atoms with Gasteiger partial charge in [0.25, 0.3) is 5.78 Å². The first-order valence-electron chi connectivity index (χ1n) is 11.5. The van der Waals surface area contributed by atoms with Gasteiger partial charge >= 0.3 is 0 Å². The summed E-state index contributed by atoms with van der Waals surface area (Å²) in [6.07, 6.45) is 4.84. The van der Waals surface area contributed by atoms with E-state index in [1.165, 1.54) is 0 Å². The topological polar surface area (TPSA) is 76.8 Å². The average Bonchev–Trinajstić information content (AvgIpc) is 3.15. The second-order valence-corrected chi connectivity index (χ2v) is 9.18. The summed E-state index contributed by atoms with van der Waals surface area (Å²) in [6, 6.07) is 1.85. The van der Waals surface area contributed by atoms with Gasteiger partial charge in [0, 0.05) is 31.4 Å². The van der Waals surface area contributed by atoms with E-state index in [4.69, 9.17) is 9.47 Å². The molecule has 0 spiro atoms. The summed E-state index contributed by atoms with van der Waals surface area (Å²) < 4.78 is 12.3. The first-order chi connectivity index (χ1) is 15.6. The molecule has 0 aliphatic carbocycles. The summed E-state index contributed by atoms with van der Waals surface area (Å²) in [4.78, 5) is 11.1. The molecule has 0 saturated carbocycles. The van der Waals surface area contributed by atoms with Crippen LogP contribution >= 0.6 is 0 Å². The molecule has 1 fully saturated rings. The lowest BCUT2D eigenvalue weighted by Crippen LogP contribution is -2.32. The van der Waals surface area contributed by atoms with Crippen molar-refractivity contribution in [2.24, 2.45) is 5.41 Å². The van der Waals surface area contributed by atoms with Crippen LogP contribution in [0.25, 0.3) is 5.78 Å². The van der Waals surface area contributed by atoms with Crippen LogP contribution in [0, 0.1) is 12.3 Å². The normalized spacial score (nSPS) is 14.7. The molecule has 0 amide bonds. The van der Waals surface area contributed by atoms with E-state index >= 15 is 0 Å². The quantitative estimate of drug-likeness (QED) is 0.594. The summed E-state index contributed by atoms with van der Waals surface area (Å²) >= 11 is 0. The van der Waals surface area contributed by atoms with Crippen molar-refractivity contribution in [3.63, 3.8) is 0 Å². The van der Waals surface area contributed by atoms with Crippen LogP contribution in [0.2, 0.25) is 0 Å². The van der Waals surface area contributed by atoms with Crippen molar-refractivity contribution in [2.45, 2.75) is 41.0 Å². The number of rotatable bonds is 8.